The molecule has 2 rings (SSSR count). The van der Waals surface area contributed by atoms with Gasteiger partial charge in [-0.2, -0.15) is 0 Å². The molecule has 66 valence electrons. The van der Waals surface area contributed by atoms with Crippen molar-refractivity contribution in [3.8, 4) is 5.88 Å². The largest absolute Gasteiger partial charge is 0.471 e. The predicted octanol–water partition coefficient (Wildman–Crippen LogP) is 2.25. The third-order valence-electron chi connectivity index (χ3n) is 1.64. The fraction of sp³-hybridized carbons (Fsp3) is 0.100. The average Bonchev–Trinajstić information content (AvgIpc) is 2.69. The van der Waals surface area contributed by atoms with Gasteiger partial charge in [-0.25, -0.2) is 0 Å². The monoisotopic (exact) mass is 175 g/mol. The molecular weight excluding hydrogens is 166 g/mol. The first-order valence-corrected chi connectivity index (χ1v) is 4.02. The number of ether oxygens (including phenoxy) is 1. The van der Waals surface area contributed by atoms with E-state index >= 15 is 0 Å². The number of hydrogen-bond acceptors (Lipinski definition) is 3. The van der Waals surface area contributed by atoms with Gasteiger partial charge in [0.25, 0.3) is 5.88 Å². The molecule has 0 amide bonds. The lowest BCUT2D eigenvalue weighted by Gasteiger charge is -2.00. The van der Waals surface area contributed by atoms with Gasteiger partial charge in [0.05, 0.1) is 0 Å². The third kappa shape index (κ3) is 2.08. The van der Waals surface area contributed by atoms with Crippen LogP contribution in [0.15, 0.2) is 47.2 Å². The summed E-state index contributed by atoms with van der Waals surface area (Å²) in [5.74, 6) is 0.517. The molecule has 0 aliphatic heterocycles. The van der Waals surface area contributed by atoms with Gasteiger partial charge in [0, 0.05) is 6.07 Å². The number of rotatable bonds is 3. The van der Waals surface area contributed by atoms with Gasteiger partial charge in [-0.05, 0) is 10.7 Å². The number of hydrogen-bond donors (Lipinski definition) is 0. The molecule has 0 radical (unpaired) electrons. The maximum absolute atomic E-state index is 5.33. The molecule has 0 spiro atoms. The van der Waals surface area contributed by atoms with Gasteiger partial charge in [0.1, 0.15) is 12.9 Å². The Bertz CT molecular complexity index is 342. The van der Waals surface area contributed by atoms with Crippen LogP contribution in [0.25, 0.3) is 0 Å². The van der Waals surface area contributed by atoms with E-state index in [1.807, 2.05) is 30.3 Å². The Labute approximate surface area is 75.9 Å². The highest BCUT2D eigenvalue weighted by Crippen LogP contribution is 2.08. The smallest absolute Gasteiger partial charge is 0.254 e. The van der Waals surface area contributed by atoms with E-state index in [4.69, 9.17) is 4.74 Å². The van der Waals surface area contributed by atoms with E-state index in [1.165, 1.54) is 6.26 Å². The lowest BCUT2D eigenvalue weighted by atomic mass is 10.2. The maximum atomic E-state index is 5.33. The average molecular weight is 175 g/mol. The molecule has 13 heavy (non-hydrogen) atoms. The molecular formula is C10H9NO2. The lowest BCUT2D eigenvalue weighted by molar-refractivity contribution is 0.269. The van der Waals surface area contributed by atoms with Crippen LogP contribution in [0.1, 0.15) is 5.56 Å². The summed E-state index contributed by atoms with van der Waals surface area (Å²) in [6.07, 6.45) is 1.49. The van der Waals surface area contributed by atoms with E-state index in [2.05, 4.69) is 9.68 Å². The summed E-state index contributed by atoms with van der Waals surface area (Å²) in [5, 5.41) is 3.63. The van der Waals surface area contributed by atoms with E-state index < -0.39 is 0 Å². The Morgan fingerprint density at radius 3 is 2.69 bits per heavy atom. The van der Waals surface area contributed by atoms with E-state index in [0.29, 0.717) is 12.5 Å². The van der Waals surface area contributed by atoms with Crippen LogP contribution in [0.3, 0.4) is 0 Å². The van der Waals surface area contributed by atoms with Gasteiger partial charge >= 0.3 is 0 Å². The van der Waals surface area contributed by atoms with Crippen LogP contribution in [-0.2, 0) is 6.61 Å². The maximum Gasteiger partial charge on any atom is 0.254 e. The summed E-state index contributed by atoms with van der Waals surface area (Å²) in [5.41, 5.74) is 1.12. The molecule has 3 nitrogen and oxygen atoms in total. The highest BCUT2D eigenvalue weighted by molar-refractivity contribution is 5.14. The Balaban J connectivity index is 1.94. The summed E-state index contributed by atoms with van der Waals surface area (Å²) in [7, 11) is 0. The first kappa shape index (κ1) is 7.86. The first-order valence-electron chi connectivity index (χ1n) is 4.02. The van der Waals surface area contributed by atoms with Crippen molar-refractivity contribution in [2.45, 2.75) is 6.61 Å². The van der Waals surface area contributed by atoms with Crippen molar-refractivity contribution in [3.63, 3.8) is 0 Å². The second kappa shape index (κ2) is 3.76. The summed E-state index contributed by atoms with van der Waals surface area (Å²) in [4.78, 5) is 0. The molecule has 0 bridgehead atoms. The quantitative estimate of drug-likeness (QED) is 0.717. The second-order valence-corrected chi connectivity index (χ2v) is 2.61. The van der Waals surface area contributed by atoms with Gasteiger partial charge in [0.2, 0.25) is 0 Å². The van der Waals surface area contributed by atoms with Crippen LogP contribution in [0.4, 0.5) is 0 Å². The molecule has 0 fully saturated rings. The Kier molecular flexibility index (Phi) is 2.27. The molecule has 0 N–H and O–H groups in total. The summed E-state index contributed by atoms with van der Waals surface area (Å²) in [6.45, 7) is 0.521. The zero-order valence-electron chi connectivity index (χ0n) is 7.01. The van der Waals surface area contributed by atoms with Gasteiger partial charge in [-0.1, -0.05) is 30.3 Å². The normalized spacial score (nSPS) is 9.85. The van der Waals surface area contributed by atoms with Crippen LogP contribution in [0.5, 0.6) is 5.88 Å². The van der Waals surface area contributed by atoms with Crippen molar-refractivity contribution in [3.05, 3.63) is 48.2 Å². The Morgan fingerprint density at radius 2 is 2.00 bits per heavy atom. The van der Waals surface area contributed by atoms with E-state index in [0.717, 1.165) is 5.56 Å². The Morgan fingerprint density at radius 1 is 1.15 bits per heavy atom. The highest BCUT2D eigenvalue weighted by Gasteiger charge is 1.96. The number of aromatic nitrogens is 1. The van der Waals surface area contributed by atoms with Crippen LogP contribution < -0.4 is 4.74 Å². The molecule has 0 aliphatic rings. The van der Waals surface area contributed by atoms with Crippen molar-refractivity contribution in [2.75, 3.05) is 0 Å². The molecule has 0 saturated carbocycles. The molecule has 1 heterocycles. The molecule has 0 unspecified atom stereocenters. The molecule has 3 heteroatoms. The molecule has 2 aromatic rings. The van der Waals surface area contributed by atoms with Gasteiger partial charge < -0.3 is 9.26 Å². The summed E-state index contributed by atoms with van der Waals surface area (Å²) < 4.78 is 9.96. The fourth-order valence-electron chi connectivity index (χ4n) is 1.01. The van der Waals surface area contributed by atoms with Crippen molar-refractivity contribution >= 4 is 0 Å². The third-order valence-corrected chi connectivity index (χ3v) is 1.64. The van der Waals surface area contributed by atoms with Crippen molar-refractivity contribution in [2.24, 2.45) is 0 Å². The standard InChI is InChI=1S/C10H9NO2/c1-2-4-9(5-3-1)8-12-10-6-7-13-11-10/h1-7H,8H2. The SMILES string of the molecule is c1ccc(COc2ccon2)cc1. The first-order chi connectivity index (χ1) is 6.45. The van der Waals surface area contributed by atoms with Crippen molar-refractivity contribution < 1.29 is 9.26 Å². The molecule has 0 atom stereocenters. The van der Waals surface area contributed by atoms with E-state index in [9.17, 15) is 0 Å². The highest BCUT2D eigenvalue weighted by atomic mass is 16.5. The molecule has 1 aromatic heterocycles. The van der Waals surface area contributed by atoms with Crippen LogP contribution in [0, 0.1) is 0 Å². The summed E-state index contributed by atoms with van der Waals surface area (Å²) >= 11 is 0. The zero-order chi connectivity index (χ0) is 8.93. The van der Waals surface area contributed by atoms with Crippen molar-refractivity contribution in [1.82, 2.24) is 5.16 Å². The minimum atomic E-state index is 0.517. The Hall–Kier alpha value is -1.77. The summed E-state index contributed by atoms with van der Waals surface area (Å²) in [6, 6.07) is 11.6. The van der Waals surface area contributed by atoms with E-state index in [-0.39, 0.29) is 0 Å². The molecule has 1 aromatic carbocycles. The lowest BCUT2D eigenvalue weighted by Crippen LogP contribution is -1.94. The molecule has 0 aliphatic carbocycles. The predicted molar refractivity (Wildman–Crippen MR) is 47.3 cm³/mol. The van der Waals surface area contributed by atoms with Crippen LogP contribution in [-0.4, -0.2) is 5.16 Å². The fourth-order valence-corrected chi connectivity index (χ4v) is 1.01. The van der Waals surface area contributed by atoms with Crippen LogP contribution >= 0.6 is 0 Å². The number of benzene rings is 1. The topological polar surface area (TPSA) is 35.3 Å². The van der Waals surface area contributed by atoms with Crippen molar-refractivity contribution in [1.29, 1.82) is 0 Å². The van der Waals surface area contributed by atoms with Gasteiger partial charge in [-0.15, -0.1) is 0 Å². The minimum absolute atomic E-state index is 0.517. The zero-order valence-corrected chi connectivity index (χ0v) is 7.01. The molecule has 0 saturated heterocycles. The number of nitrogens with zero attached hydrogens (tertiary/aromatic N) is 1. The van der Waals surface area contributed by atoms with Gasteiger partial charge in [-0.3, -0.25) is 0 Å². The second-order valence-electron chi connectivity index (χ2n) is 2.61. The van der Waals surface area contributed by atoms with Crippen LogP contribution in [0.2, 0.25) is 0 Å². The van der Waals surface area contributed by atoms with E-state index in [1.54, 1.807) is 6.07 Å². The minimum Gasteiger partial charge on any atom is -0.471 e. The van der Waals surface area contributed by atoms with Gasteiger partial charge in [0.15, 0.2) is 0 Å².